The summed E-state index contributed by atoms with van der Waals surface area (Å²) in [5.74, 6) is 2.58. The summed E-state index contributed by atoms with van der Waals surface area (Å²) in [4.78, 5) is 9.24. The van der Waals surface area contributed by atoms with Crippen LogP contribution < -0.4 is 0 Å². The number of thioether (sulfide) groups is 1. The van der Waals surface area contributed by atoms with Crippen LogP contribution >= 0.6 is 11.8 Å². The number of nitrogens with zero attached hydrogens (tertiary/aromatic N) is 4. The third-order valence-corrected chi connectivity index (χ3v) is 4.49. The minimum Gasteiger partial charge on any atom is -0.424 e. The fourth-order valence-corrected chi connectivity index (χ4v) is 2.95. The van der Waals surface area contributed by atoms with Gasteiger partial charge in [0.25, 0.3) is 0 Å². The van der Waals surface area contributed by atoms with Crippen LogP contribution in [0.3, 0.4) is 0 Å². The molecule has 0 aliphatic heterocycles. The molecule has 0 radical (unpaired) electrons. The van der Waals surface area contributed by atoms with Crippen LogP contribution in [0.5, 0.6) is 0 Å². The van der Waals surface area contributed by atoms with Crippen LogP contribution in [0.2, 0.25) is 0 Å². The highest BCUT2D eigenvalue weighted by Gasteiger charge is 2.29. The maximum Gasteiger partial charge on any atom is 0.226 e. The lowest BCUT2D eigenvalue weighted by Gasteiger charge is -2.04. The van der Waals surface area contributed by atoms with Crippen molar-refractivity contribution in [2.24, 2.45) is 0 Å². The molecule has 4 rings (SSSR count). The lowest BCUT2D eigenvalue weighted by molar-refractivity contribution is 0.466. The highest BCUT2D eigenvalue weighted by molar-refractivity contribution is 7.98. The lowest BCUT2D eigenvalue weighted by Crippen LogP contribution is -1.93. The second-order valence-electron chi connectivity index (χ2n) is 5.20. The molecule has 0 bridgehead atoms. The summed E-state index contributed by atoms with van der Waals surface area (Å²) in [5, 5.41) is 9.11. The van der Waals surface area contributed by atoms with E-state index in [1.807, 2.05) is 31.2 Å². The van der Waals surface area contributed by atoms with Gasteiger partial charge in [0.1, 0.15) is 5.03 Å². The first kappa shape index (κ1) is 12.8. The van der Waals surface area contributed by atoms with E-state index in [4.69, 9.17) is 4.42 Å². The molecule has 1 aromatic carbocycles. The van der Waals surface area contributed by atoms with Gasteiger partial charge in [0, 0.05) is 5.92 Å². The molecule has 1 fully saturated rings. The van der Waals surface area contributed by atoms with Crippen LogP contribution in [0.4, 0.5) is 0 Å². The van der Waals surface area contributed by atoms with Gasteiger partial charge in [-0.05, 0) is 31.9 Å². The molecule has 6 heteroatoms. The van der Waals surface area contributed by atoms with E-state index in [2.05, 4.69) is 20.2 Å². The van der Waals surface area contributed by atoms with E-state index in [1.165, 1.54) is 12.8 Å². The Morgan fingerprint density at radius 2 is 1.90 bits per heavy atom. The Morgan fingerprint density at radius 3 is 2.67 bits per heavy atom. The number of hydrogen-bond acceptors (Lipinski definition) is 6. The van der Waals surface area contributed by atoms with Crippen molar-refractivity contribution in [1.82, 2.24) is 20.2 Å². The number of aromatic nitrogens is 4. The molecule has 0 spiro atoms. The van der Waals surface area contributed by atoms with Gasteiger partial charge in [0.2, 0.25) is 11.8 Å². The Morgan fingerprint density at radius 1 is 1.14 bits per heavy atom. The predicted octanol–water partition coefficient (Wildman–Crippen LogP) is 3.49. The highest BCUT2D eigenvalue weighted by Crippen LogP contribution is 2.39. The molecule has 0 amide bonds. The molecular weight excluding hydrogens is 284 g/mol. The van der Waals surface area contributed by atoms with Gasteiger partial charge in [-0.15, -0.1) is 10.2 Å². The van der Waals surface area contributed by atoms with Gasteiger partial charge in [-0.25, -0.2) is 9.97 Å². The molecule has 21 heavy (non-hydrogen) atoms. The van der Waals surface area contributed by atoms with Gasteiger partial charge < -0.3 is 4.42 Å². The van der Waals surface area contributed by atoms with Crippen LogP contribution in [-0.4, -0.2) is 20.2 Å². The van der Waals surface area contributed by atoms with Crippen molar-refractivity contribution in [3.05, 3.63) is 41.7 Å². The number of hydrogen-bond donors (Lipinski definition) is 0. The molecule has 2 aromatic heterocycles. The Balaban J connectivity index is 1.54. The lowest BCUT2D eigenvalue weighted by atomic mass is 10.3. The maximum atomic E-state index is 5.67. The van der Waals surface area contributed by atoms with E-state index in [0.717, 1.165) is 27.6 Å². The summed E-state index contributed by atoms with van der Waals surface area (Å²) in [6.07, 6.45) is 2.34. The maximum absolute atomic E-state index is 5.67. The summed E-state index contributed by atoms with van der Waals surface area (Å²) >= 11 is 1.59. The van der Waals surface area contributed by atoms with Gasteiger partial charge >= 0.3 is 0 Å². The average Bonchev–Trinajstić information content (AvgIpc) is 3.24. The third-order valence-electron chi connectivity index (χ3n) is 3.44. The van der Waals surface area contributed by atoms with Crippen LogP contribution in [0.1, 0.15) is 36.2 Å². The van der Waals surface area contributed by atoms with Crippen LogP contribution in [0.25, 0.3) is 11.0 Å². The summed E-state index contributed by atoms with van der Waals surface area (Å²) in [6.45, 7) is 1.98. The standard InChI is InChI=1S/C15H14N4OS/c1-9-15(17-12-5-3-2-4-11(12)16-9)21-8-13-18-19-14(20-13)10-6-7-10/h2-5,10H,6-8H2,1H3. The first-order valence-electron chi connectivity index (χ1n) is 6.98. The molecule has 2 heterocycles. The largest absolute Gasteiger partial charge is 0.424 e. The normalized spacial score (nSPS) is 14.7. The van der Waals surface area contributed by atoms with Crippen molar-refractivity contribution in [2.75, 3.05) is 0 Å². The number of rotatable bonds is 4. The number of aryl methyl sites for hydroxylation is 1. The van der Waals surface area contributed by atoms with Crippen molar-refractivity contribution < 1.29 is 4.42 Å². The molecule has 106 valence electrons. The molecule has 0 saturated heterocycles. The van der Waals surface area contributed by atoms with Gasteiger partial charge in [-0.3, -0.25) is 0 Å². The molecule has 1 aliphatic carbocycles. The van der Waals surface area contributed by atoms with E-state index < -0.39 is 0 Å². The molecule has 1 saturated carbocycles. The van der Waals surface area contributed by atoms with Gasteiger partial charge in [0.15, 0.2) is 0 Å². The van der Waals surface area contributed by atoms with E-state index in [0.29, 0.717) is 17.6 Å². The van der Waals surface area contributed by atoms with E-state index in [9.17, 15) is 0 Å². The molecule has 0 N–H and O–H groups in total. The minimum atomic E-state index is 0.499. The monoisotopic (exact) mass is 298 g/mol. The van der Waals surface area contributed by atoms with Gasteiger partial charge in [-0.2, -0.15) is 0 Å². The summed E-state index contributed by atoms with van der Waals surface area (Å²) in [7, 11) is 0. The van der Waals surface area contributed by atoms with Crippen molar-refractivity contribution in [2.45, 2.75) is 36.5 Å². The molecule has 5 nitrogen and oxygen atoms in total. The summed E-state index contributed by atoms with van der Waals surface area (Å²) in [5.41, 5.74) is 2.77. The molecule has 0 unspecified atom stereocenters. The van der Waals surface area contributed by atoms with Crippen molar-refractivity contribution >= 4 is 22.8 Å². The van der Waals surface area contributed by atoms with Gasteiger partial charge in [0.05, 0.1) is 22.5 Å². The van der Waals surface area contributed by atoms with Crippen molar-refractivity contribution in [1.29, 1.82) is 0 Å². The Bertz CT molecular complexity index is 797. The van der Waals surface area contributed by atoms with Gasteiger partial charge in [-0.1, -0.05) is 23.9 Å². The molecular formula is C15H14N4OS. The molecule has 0 atom stereocenters. The van der Waals surface area contributed by atoms with Crippen LogP contribution in [-0.2, 0) is 5.75 Å². The highest BCUT2D eigenvalue weighted by atomic mass is 32.2. The quantitative estimate of drug-likeness (QED) is 0.687. The number of benzene rings is 1. The second-order valence-corrected chi connectivity index (χ2v) is 6.16. The first-order chi connectivity index (χ1) is 10.3. The third kappa shape index (κ3) is 2.63. The van der Waals surface area contributed by atoms with E-state index >= 15 is 0 Å². The average molecular weight is 298 g/mol. The van der Waals surface area contributed by atoms with E-state index in [1.54, 1.807) is 11.8 Å². The SMILES string of the molecule is Cc1nc2ccccc2nc1SCc1nnc(C2CC2)o1. The zero-order valence-corrected chi connectivity index (χ0v) is 12.4. The summed E-state index contributed by atoms with van der Waals surface area (Å²) in [6, 6.07) is 7.90. The molecule has 3 aromatic rings. The fourth-order valence-electron chi connectivity index (χ4n) is 2.16. The Labute approximate surface area is 126 Å². The summed E-state index contributed by atoms with van der Waals surface area (Å²) < 4.78 is 5.67. The van der Waals surface area contributed by atoms with Crippen molar-refractivity contribution in [3.8, 4) is 0 Å². The fraction of sp³-hybridized carbons (Fsp3) is 0.333. The van der Waals surface area contributed by atoms with Crippen LogP contribution in [0, 0.1) is 6.92 Å². The Kier molecular flexibility index (Phi) is 3.11. The Hall–Kier alpha value is -1.95. The minimum absolute atomic E-state index is 0.499. The zero-order chi connectivity index (χ0) is 14.2. The zero-order valence-electron chi connectivity index (χ0n) is 11.6. The second kappa shape index (κ2) is 5.11. The first-order valence-corrected chi connectivity index (χ1v) is 7.96. The van der Waals surface area contributed by atoms with Crippen LogP contribution in [0.15, 0.2) is 33.7 Å². The van der Waals surface area contributed by atoms with Crippen molar-refractivity contribution in [3.63, 3.8) is 0 Å². The smallest absolute Gasteiger partial charge is 0.226 e. The predicted molar refractivity (Wildman–Crippen MR) is 80.1 cm³/mol. The number of para-hydroxylation sites is 2. The number of fused-ring (bicyclic) bond motifs is 1. The molecule has 1 aliphatic rings. The topological polar surface area (TPSA) is 64.7 Å². The van der Waals surface area contributed by atoms with E-state index in [-0.39, 0.29) is 0 Å².